The number of piperazine rings is 1. The molecule has 5 rings (SSSR count). The van der Waals surface area contributed by atoms with E-state index in [0.717, 1.165) is 60.6 Å². The summed E-state index contributed by atoms with van der Waals surface area (Å²) < 4.78 is 0. The molecular weight excluding hydrogens is 458 g/mol. The van der Waals surface area contributed by atoms with E-state index in [-0.39, 0.29) is 5.78 Å². The summed E-state index contributed by atoms with van der Waals surface area (Å²) in [6.07, 6.45) is 3.51. The molecule has 2 aromatic heterocycles. The number of nitrogens with one attached hydrogen (secondary N) is 2. The monoisotopic (exact) mass is 491 g/mol. The van der Waals surface area contributed by atoms with Crippen LogP contribution in [0.3, 0.4) is 0 Å². The maximum Gasteiger partial charge on any atom is 0.196 e. The first-order valence-electron chi connectivity index (χ1n) is 12.6. The Morgan fingerprint density at radius 1 is 1.06 bits per heavy atom. The number of ketones is 1. The van der Waals surface area contributed by atoms with E-state index < -0.39 is 0 Å². The summed E-state index contributed by atoms with van der Waals surface area (Å²) in [5, 5.41) is 11.7. The molecule has 35 heavy (non-hydrogen) atoms. The molecule has 3 aromatic rings. The fourth-order valence-electron chi connectivity index (χ4n) is 4.25. The highest BCUT2D eigenvalue weighted by molar-refractivity contribution is 7.99. The number of likely N-dealkylation sites (N-methyl/N-ethyl adjacent to an activating group) is 1. The maximum absolute atomic E-state index is 11.8. The highest BCUT2D eigenvalue weighted by Crippen LogP contribution is 2.39. The lowest BCUT2D eigenvalue weighted by molar-refractivity contribution is -0.118. The molecule has 1 saturated carbocycles. The van der Waals surface area contributed by atoms with Gasteiger partial charge in [0.15, 0.2) is 11.0 Å². The molecule has 0 spiro atoms. The van der Waals surface area contributed by atoms with Gasteiger partial charge in [-0.1, -0.05) is 26.0 Å². The van der Waals surface area contributed by atoms with Gasteiger partial charge < -0.3 is 15.1 Å². The van der Waals surface area contributed by atoms with Crippen LogP contribution < -0.4 is 10.2 Å². The van der Waals surface area contributed by atoms with Crippen molar-refractivity contribution >= 4 is 35.0 Å². The number of aromatic nitrogens is 4. The quantitative estimate of drug-likeness (QED) is 0.397. The summed E-state index contributed by atoms with van der Waals surface area (Å²) in [5.41, 5.74) is 2.23. The Bertz CT molecular complexity index is 1150. The standard InChI is InChI=1S/C26H33N7OS/c1-3-20(34)15-18-5-9-21(10-6-18)35-26-28-23(27-24-16-22(30-31-24)19-7-8-19)17-25(29-26)33-13-11-32(4-2)12-14-33/h5-6,9-10,16-17,19H,3-4,7-8,11-15H2,1-2H3,(H2,27,28,29,30,31). The number of nitrogens with zero attached hydrogens (tertiary/aromatic N) is 5. The van der Waals surface area contributed by atoms with E-state index in [1.807, 2.05) is 37.3 Å². The van der Waals surface area contributed by atoms with Crippen LogP contribution >= 0.6 is 11.8 Å². The zero-order valence-electron chi connectivity index (χ0n) is 20.5. The third kappa shape index (κ3) is 6.21. The van der Waals surface area contributed by atoms with Crippen LogP contribution in [0, 0.1) is 0 Å². The van der Waals surface area contributed by atoms with Crippen molar-refractivity contribution in [1.29, 1.82) is 0 Å². The number of rotatable bonds is 10. The van der Waals surface area contributed by atoms with E-state index in [1.165, 1.54) is 30.3 Å². The van der Waals surface area contributed by atoms with E-state index in [4.69, 9.17) is 9.97 Å². The number of hydrogen-bond donors (Lipinski definition) is 2. The predicted molar refractivity (Wildman–Crippen MR) is 140 cm³/mol. The Labute approximate surface area is 210 Å². The van der Waals surface area contributed by atoms with Crippen LogP contribution in [0.5, 0.6) is 0 Å². The lowest BCUT2D eigenvalue weighted by Gasteiger charge is -2.34. The zero-order valence-corrected chi connectivity index (χ0v) is 21.3. The highest BCUT2D eigenvalue weighted by atomic mass is 32.2. The third-order valence-electron chi connectivity index (χ3n) is 6.63. The lowest BCUT2D eigenvalue weighted by Crippen LogP contribution is -2.46. The molecule has 1 aromatic carbocycles. The molecule has 0 atom stereocenters. The summed E-state index contributed by atoms with van der Waals surface area (Å²) in [6.45, 7) is 9.15. The zero-order chi connectivity index (χ0) is 24.2. The first-order chi connectivity index (χ1) is 17.1. The largest absolute Gasteiger partial charge is 0.354 e. The van der Waals surface area contributed by atoms with Gasteiger partial charge in [0.25, 0.3) is 0 Å². The van der Waals surface area contributed by atoms with Crippen molar-refractivity contribution in [3.63, 3.8) is 0 Å². The molecule has 2 aliphatic rings. The first-order valence-corrected chi connectivity index (χ1v) is 13.4. The van der Waals surface area contributed by atoms with Gasteiger partial charge >= 0.3 is 0 Å². The van der Waals surface area contributed by atoms with Crippen molar-refractivity contribution < 1.29 is 4.79 Å². The van der Waals surface area contributed by atoms with Gasteiger partial charge in [-0.2, -0.15) is 5.10 Å². The fraction of sp³-hybridized carbons (Fsp3) is 0.462. The van der Waals surface area contributed by atoms with Crippen LogP contribution in [-0.2, 0) is 11.2 Å². The van der Waals surface area contributed by atoms with Crippen LogP contribution in [-0.4, -0.2) is 63.6 Å². The predicted octanol–water partition coefficient (Wildman–Crippen LogP) is 4.64. The first kappa shape index (κ1) is 23.8. The average molecular weight is 492 g/mol. The van der Waals surface area contributed by atoms with Crippen LogP contribution in [0.2, 0.25) is 0 Å². The summed E-state index contributed by atoms with van der Waals surface area (Å²) in [6, 6.07) is 12.2. The molecule has 8 nitrogen and oxygen atoms in total. The number of aromatic amines is 1. The topological polar surface area (TPSA) is 90.0 Å². The van der Waals surface area contributed by atoms with E-state index in [9.17, 15) is 4.79 Å². The van der Waals surface area contributed by atoms with Crippen LogP contribution in [0.1, 0.15) is 50.3 Å². The Hall–Kier alpha value is -2.91. The second-order valence-electron chi connectivity index (χ2n) is 9.24. The van der Waals surface area contributed by atoms with Gasteiger partial charge in [0.05, 0.1) is 0 Å². The molecule has 184 valence electrons. The van der Waals surface area contributed by atoms with Crippen molar-refractivity contribution in [2.75, 3.05) is 42.9 Å². The van der Waals surface area contributed by atoms with Crippen molar-refractivity contribution in [3.05, 3.63) is 47.7 Å². The highest BCUT2D eigenvalue weighted by Gasteiger charge is 2.26. The Kier molecular flexibility index (Phi) is 7.34. The number of benzene rings is 1. The van der Waals surface area contributed by atoms with E-state index >= 15 is 0 Å². The van der Waals surface area contributed by atoms with Crippen molar-refractivity contribution in [3.8, 4) is 0 Å². The van der Waals surface area contributed by atoms with Gasteiger partial charge in [0.1, 0.15) is 17.4 Å². The average Bonchev–Trinajstić information content (AvgIpc) is 3.64. The molecule has 2 fully saturated rings. The molecule has 0 amide bonds. The third-order valence-corrected chi connectivity index (χ3v) is 7.51. The minimum atomic E-state index is 0.253. The van der Waals surface area contributed by atoms with Gasteiger partial charge in [-0.05, 0) is 48.8 Å². The Morgan fingerprint density at radius 2 is 1.83 bits per heavy atom. The number of carbonyl (C=O) groups excluding carboxylic acids is 1. The van der Waals surface area contributed by atoms with Gasteiger partial charge in [-0.15, -0.1) is 0 Å². The van der Waals surface area contributed by atoms with Gasteiger partial charge in [0.2, 0.25) is 0 Å². The molecule has 0 radical (unpaired) electrons. The maximum atomic E-state index is 11.8. The van der Waals surface area contributed by atoms with Crippen molar-refractivity contribution in [2.24, 2.45) is 0 Å². The smallest absolute Gasteiger partial charge is 0.196 e. The van der Waals surface area contributed by atoms with Crippen molar-refractivity contribution in [2.45, 2.75) is 55.5 Å². The van der Waals surface area contributed by atoms with Gasteiger partial charge in [0, 0.05) is 67.7 Å². The Balaban J connectivity index is 1.36. The number of anilines is 3. The normalized spacial score (nSPS) is 16.5. The minimum absolute atomic E-state index is 0.253. The summed E-state index contributed by atoms with van der Waals surface area (Å²) in [7, 11) is 0. The fourth-order valence-corrected chi connectivity index (χ4v) is 5.01. The molecule has 0 unspecified atom stereocenters. The molecule has 1 saturated heterocycles. The van der Waals surface area contributed by atoms with Crippen LogP contribution in [0.4, 0.5) is 17.5 Å². The number of Topliss-reactive ketones (excluding diaryl/α,β-unsaturated/α-hetero) is 1. The van der Waals surface area contributed by atoms with E-state index in [2.05, 4.69) is 38.3 Å². The lowest BCUT2D eigenvalue weighted by atomic mass is 10.1. The second kappa shape index (κ2) is 10.8. The molecule has 1 aliphatic heterocycles. The molecule has 2 N–H and O–H groups in total. The van der Waals surface area contributed by atoms with Gasteiger partial charge in [-0.3, -0.25) is 9.89 Å². The molecule has 1 aliphatic carbocycles. The number of H-pyrrole nitrogens is 1. The van der Waals surface area contributed by atoms with Gasteiger partial charge in [-0.25, -0.2) is 9.97 Å². The summed E-state index contributed by atoms with van der Waals surface area (Å²) in [4.78, 5) is 27.3. The van der Waals surface area contributed by atoms with Crippen molar-refractivity contribution in [1.82, 2.24) is 25.1 Å². The van der Waals surface area contributed by atoms with Crippen LogP contribution in [0.15, 0.2) is 46.5 Å². The SMILES string of the molecule is CCC(=O)Cc1ccc(Sc2nc(Nc3cc(C4CC4)[nH]n3)cc(N3CCN(CC)CC3)n2)cc1. The molecule has 3 heterocycles. The molecular formula is C26H33N7OS. The summed E-state index contributed by atoms with van der Waals surface area (Å²) in [5.74, 6) is 3.34. The van der Waals surface area contributed by atoms with Crippen LogP contribution in [0.25, 0.3) is 0 Å². The van der Waals surface area contributed by atoms with E-state index in [1.54, 1.807) is 0 Å². The molecule has 9 heteroatoms. The van der Waals surface area contributed by atoms with E-state index in [0.29, 0.717) is 23.9 Å². The molecule has 0 bridgehead atoms. The minimum Gasteiger partial charge on any atom is -0.354 e. The number of hydrogen-bond acceptors (Lipinski definition) is 8. The number of carbonyl (C=O) groups is 1. The second-order valence-corrected chi connectivity index (χ2v) is 10.3. The summed E-state index contributed by atoms with van der Waals surface area (Å²) >= 11 is 1.54. The Morgan fingerprint density at radius 3 is 2.51 bits per heavy atom.